The Bertz CT molecular complexity index is 587. The molecule has 0 bridgehead atoms. The van der Waals surface area contributed by atoms with Crippen molar-refractivity contribution in [2.24, 2.45) is 0 Å². The van der Waals surface area contributed by atoms with Gasteiger partial charge in [0.15, 0.2) is 5.82 Å². The lowest BCUT2D eigenvalue weighted by atomic mass is 9.97. The fourth-order valence-electron chi connectivity index (χ4n) is 1.76. The van der Waals surface area contributed by atoms with Gasteiger partial charge in [0, 0.05) is 11.1 Å². The van der Waals surface area contributed by atoms with E-state index in [1.807, 2.05) is 33.8 Å². The van der Waals surface area contributed by atoms with E-state index in [2.05, 4.69) is 15.5 Å². The molecule has 20 heavy (non-hydrogen) atoms. The molecule has 0 radical (unpaired) electrons. The summed E-state index contributed by atoms with van der Waals surface area (Å²) < 4.78 is 18.8. The third-order valence-corrected chi connectivity index (χ3v) is 2.99. The summed E-state index contributed by atoms with van der Waals surface area (Å²) in [6, 6.07) is 5.13. The Balaban J connectivity index is 2.02. The molecule has 0 saturated carbocycles. The number of anilines is 1. The highest BCUT2D eigenvalue weighted by atomic mass is 19.1. The maximum Gasteiger partial charge on any atom is 0.232 e. The van der Waals surface area contributed by atoms with Gasteiger partial charge in [-0.2, -0.15) is 4.98 Å². The van der Waals surface area contributed by atoms with E-state index in [1.165, 1.54) is 6.07 Å². The summed E-state index contributed by atoms with van der Waals surface area (Å²) in [6.07, 6.45) is 0.686. The topological polar surface area (TPSA) is 51.0 Å². The normalized spacial score (nSPS) is 11.7. The van der Waals surface area contributed by atoms with E-state index in [0.29, 0.717) is 35.9 Å². The molecular formula is C15H20FN3O. The minimum absolute atomic E-state index is 0.167. The smallest absolute Gasteiger partial charge is 0.232 e. The van der Waals surface area contributed by atoms with Gasteiger partial charge >= 0.3 is 0 Å². The molecule has 0 amide bonds. The second kappa shape index (κ2) is 5.61. The van der Waals surface area contributed by atoms with Crippen LogP contribution >= 0.6 is 0 Å². The van der Waals surface area contributed by atoms with Gasteiger partial charge in [0.25, 0.3) is 0 Å². The zero-order valence-electron chi connectivity index (χ0n) is 12.3. The van der Waals surface area contributed by atoms with Crippen LogP contribution < -0.4 is 5.32 Å². The van der Waals surface area contributed by atoms with Gasteiger partial charge in [0.05, 0.1) is 6.54 Å². The van der Waals surface area contributed by atoms with E-state index in [0.717, 1.165) is 0 Å². The predicted octanol–water partition coefficient (Wildman–Crippen LogP) is 3.68. The van der Waals surface area contributed by atoms with Crippen LogP contribution in [0.1, 0.15) is 45.0 Å². The Labute approximate surface area is 118 Å². The average molecular weight is 277 g/mol. The maximum absolute atomic E-state index is 13.6. The molecule has 2 aromatic rings. The second-order valence-electron chi connectivity index (χ2n) is 5.78. The molecular weight excluding hydrogens is 257 g/mol. The second-order valence-corrected chi connectivity index (χ2v) is 5.78. The molecule has 0 atom stereocenters. The van der Waals surface area contributed by atoms with Crippen LogP contribution in [0.15, 0.2) is 22.7 Å². The Hall–Kier alpha value is -1.91. The minimum Gasteiger partial charge on any atom is -0.378 e. The molecule has 4 nitrogen and oxygen atoms in total. The van der Waals surface area contributed by atoms with Crippen molar-refractivity contribution in [3.05, 3.63) is 41.3 Å². The van der Waals surface area contributed by atoms with Crippen molar-refractivity contribution < 1.29 is 8.91 Å². The Kier molecular flexibility index (Phi) is 4.06. The summed E-state index contributed by atoms with van der Waals surface area (Å²) in [5.41, 5.74) is 1.26. The SMILES string of the molecule is CCc1ccc(NCc2noc(C(C)(C)C)n2)cc1F. The first-order valence-electron chi connectivity index (χ1n) is 6.75. The Morgan fingerprint density at radius 3 is 2.60 bits per heavy atom. The van der Waals surface area contributed by atoms with Crippen LogP contribution in [0.4, 0.5) is 10.1 Å². The van der Waals surface area contributed by atoms with Gasteiger partial charge in [-0.05, 0) is 24.1 Å². The summed E-state index contributed by atoms with van der Waals surface area (Å²) in [5.74, 6) is 0.970. The first kappa shape index (κ1) is 14.5. The molecule has 1 aromatic carbocycles. The molecule has 0 aliphatic carbocycles. The van der Waals surface area contributed by atoms with Crippen LogP contribution in [0.3, 0.4) is 0 Å². The zero-order chi connectivity index (χ0) is 14.8. The first-order valence-corrected chi connectivity index (χ1v) is 6.75. The highest BCUT2D eigenvalue weighted by molar-refractivity contribution is 5.45. The number of aryl methyl sites for hydroxylation is 1. The summed E-state index contributed by atoms with van der Waals surface area (Å²) in [5, 5.41) is 7.00. The number of rotatable bonds is 4. The number of halogens is 1. The molecule has 0 saturated heterocycles. The summed E-state index contributed by atoms with van der Waals surface area (Å²) in [4.78, 5) is 4.32. The number of hydrogen-bond donors (Lipinski definition) is 1. The minimum atomic E-state index is -0.194. The van der Waals surface area contributed by atoms with Crippen LogP contribution in [0.25, 0.3) is 0 Å². The molecule has 5 heteroatoms. The number of benzene rings is 1. The van der Waals surface area contributed by atoms with Crippen molar-refractivity contribution in [2.45, 2.75) is 46.1 Å². The van der Waals surface area contributed by atoms with Gasteiger partial charge in [0.2, 0.25) is 5.89 Å². The van der Waals surface area contributed by atoms with Crippen LogP contribution in [0, 0.1) is 5.82 Å². The number of nitrogens with one attached hydrogen (secondary N) is 1. The molecule has 2 rings (SSSR count). The summed E-state index contributed by atoms with van der Waals surface area (Å²) >= 11 is 0. The van der Waals surface area contributed by atoms with E-state index < -0.39 is 0 Å². The highest BCUT2D eigenvalue weighted by Gasteiger charge is 2.21. The maximum atomic E-state index is 13.6. The third-order valence-electron chi connectivity index (χ3n) is 2.99. The van der Waals surface area contributed by atoms with Gasteiger partial charge in [-0.1, -0.05) is 38.9 Å². The molecule has 0 unspecified atom stereocenters. The molecule has 108 valence electrons. The average Bonchev–Trinajstić information content (AvgIpc) is 2.85. The number of nitrogens with zero attached hydrogens (tertiary/aromatic N) is 2. The van der Waals surface area contributed by atoms with Gasteiger partial charge in [-0.25, -0.2) is 4.39 Å². The van der Waals surface area contributed by atoms with Crippen molar-refractivity contribution in [3.63, 3.8) is 0 Å². The van der Waals surface area contributed by atoms with Gasteiger partial charge in [0.1, 0.15) is 5.82 Å². The van der Waals surface area contributed by atoms with Crippen LogP contribution in [-0.2, 0) is 18.4 Å². The molecule has 0 spiro atoms. The van der Waals surface area contributed by atoms with E-state index in [1.54, 1.807) is 6.07 Å². The number of hydrogen-bond acceptors (Lipinski definition) is 4. The van der Waals surface area contributed by atoms with E-state index in [4.69, 9.17) is 4.52 Å². The fraction of sp³-hybridized carbons (Fsp3) is 0.467. The lowest BCUT2D eigenvalue weighted by molar-refractivity contribution is 0.318. The van der Waals surface area contributed by atoms with E-state index in [-0.39, 0.29) is 11.2 Å². The van der Waals surface area contributed by atoms with Crippen LogP contribution in [0.5, 0.6) is 0 Å². The van der Waals surface area contributed by atoms with Gasteiger partial charge < -0.3 is 9.84 Å². The largest absolute Gasteiger partial charge is 0.378 e. The van der Waals surface area contributed by atoms with E-state index >= 15 is 0 Å². The summed E-state index contributed by atoms with van der Waals surface area (Å²) in [7, 11) is 0. The predicted molar refractivity (Wildman–Crippen MR) is 76.1 cm³/mol. The summed E-state index contributed by atoms with van der Waals surface area (Å²) in [6.45, 7) is 8.37. The van der Waals surface area contributed by atoms with Crippen molar-refractivity contribution in [3.8, 4) is 0 Å². The highest BCUT2D eigenvalue weighted by Crippen LogP contribution is 2.20. The van der Waals surface area contributed by atoms with Gasteiger partial charge in [-0.3, -0.25) is 0 Å². The van der Waals surface area contributed by atoms with Crippen molar-refractivity contribution >= 4 is 5.69 Å². The zero-order valence-corrected chi connectivity index (χ0v) is 12.3. The molecule has 0 aliphatic heterocycles. The van der Waals surface area contributed by atoms with Crippen molar-refractivity contribution in [1.29, 1.82) is 0 Å². The third kappa shape index (κ3) is 3.35. The van der Waals surface area contributed by atoms with Crippen molar-refractivity contribution in [1.82, 2.24) is 10.1 Å². The molecule has 1 N–H and O–H groups in total. The van der Waals surface area contributed by atoms with Crippen LogP contribution in [0.2, 0.25) is 0 Å². The van der Waals surface area contributed by atoms with Crippen molar-refractivity contribution in [2.75, 3.05) is 5.32 Å². The Morgan fingerprint density at radius 2 is 2.05 bits per heavy atom. The van der Waals surface area contributed by atoms with Crippen LogP contribution in [-0.4, -0.2) is 10.1 Å². The molecule has 1 heterocycles. The molecule has 0 fully saturated rings. The lowest BCUT2D eigenvalue weighted by Crippen LogP contribution is -2.11. The fourth-order valence-corrected chi connectivity index (χ4v) is 1.76. The monoisotopic (exact) mass is 277 g/mol. The lowest BCUT2D eigenvalue weighted by Gasteiger charge is -2.10. The van der Waals surface area contributed by atoms with Gasteiger partial charge in [-0.15, -0.1) is 0 Å². The molecule has 1 aromatic heterocycles. The standard InChI is InChI=1S/C15H20FN3O/c1-5-10-6-7-11(8-12(10)16)17-9-13-18-14(20-19-13)15(2,3)4/h6-8,17H,5,9H2,1-4H3. The first-order chi connectivity index (χ1) is 9.40. The molecule has 0 aliphatic rings. The van der Waals surface area contributed by atoms with E-state index in [9.17, 15) is 4.39 Å². The Morgan fingerprint density at radius 1 is 1.30 bits per heavy atom. The number of aromatic nitrogens is 2. The quantitative estimate of drug-likeness (QED) is 0.926.